The van der Waals surface area contributed by atoms with E-state index in [0.29, 0.717) is 0 Å². The lowest BCUT2D eigenvalue weighted by Gasteiger charge is -2.13. The van der Waals surface area contributed by atoms with Gasteiger partial charge in [0, 0.05) is 21.1 Å². The maximum atomic E-state index is 4.85. The molecule has 3 aromatic carbocycles. The number of aryl methyl sites for hydroxylation is 1. The number of hydrogen-bond acceptors (Lipinski definition) is 2. The second-order valence-electron chi connectivity index (χ2n) is 6.04. The number of rotatable bonds is 3. The van der Waals surface area contributed by atoms with Crippen molar-refractivity contribution in [1.82, 2.24) is 4.98 Å². The third-order valence-electron chi connectivity index (χ3n) is 4.20. The topological polar surface area (TPSA) is 24.9 Å². The van der Waals surface area contributed by atoms with Gasteiger partial charge in [0.2, 0.25) is 0 Å². The summed E-state index contributed by atoms with van der Waals surface area (Å²) in [5.74, 6) is 0. The molecule has 0 saturated carbocycles. The first-order valence-corrected chi connectivity index (χ1v) is 8.98. The molecule has 2 nitrogen and oxygen atoms in total. The largest absolute Gasteiger partial charge is 0.355 e. The van der Waals surface area contributed by atoms with E-state index in [0.717, 1.165) is 38.0 Å². The van der Waals surface area contributed by atoms with Crippen LogP contribution in [0.2, 0.25) is 0 Å². The smallest absolute Gasteiger partial charge is 0.0741 e. The average Bonchev–Trinajstić information content (AvgIpc) is 2.64. The van der Waals surface area contributed by atoms with Crippen molar-refractivity contribution >= 4 is 38.2 Å². The van der Waals surface area contributed by atoms with Crippen LogP contribution in [0.4, 0.5) is 11.4 Å². The molecule has 0 saturated heterocycles. The van der Waals surface area contributed by atoms with E-state index in [1.165, 1.54) is 5.56 Å². The van der Waals surface area contributed by atoms with Crippen molar-refractivity contribution in [1.29, 1.82) is 0 Å². The number of aromatic nitrogens is 1. The van der Waals surface area contributed by atoms with Crippen LogP contribution in [0.5, 0.6) is 0 Å². The predicted octanol–water partition coefficient (Wildman–Crippen LogP) is 6.72. The van der Waals surface area contributed by atoms with Gasteiger partial charge in [-0.05, 0) is 37.3 Å². The molecule has 0 spiro atoms. The van der Waals surface area contributed by atoms with E-state index < -0.39 is 0 Å². The van der Waals surface area contributed by atoms with Gasteiger partial charge in [0.15, 0.2) is 0 Å². The summed E-state index contributed by atoms with van der Waals surface area (Å²) in [6, 6.07) is 26.9. The third kappa shape index (κ3) is 3.28. The van der Waals surface area contributed by atoms with Crippen LogP contribution in [-0.2, 0) is 0 Å². The molecule has 0 unspecified atom stereocenters. The lowest BCUT2D eigenvalue weighted by Crippen LogP contribution is -1.95. The fraction of sp³-hybridized carbons (Fsp3) is 0.0455. The van der Waals surface area contributed by atoms with Crippen LogP contribution in [0.1, 0.15) is 5.56 Å². The molecule has 4 aromatic rings. The first-order chi connectivity index (χ1) is 12.2. The van der Waals surface area contributed by atoms with Crippen LogP contribution in [0.3, 0.4) is 0 Å². The zero-order chi connectivity index (χ0) is 17.2. The molecule has 25 heavy (non-hydrogen) atoms. The molecule has 1 heterocycles. The van der Waals surface area contributed by atoms with Crippen molar-refractivity contribution in [2.75, 3.05) is 5.32 Å². The molecule has 1 N–H and O–H groups in total. The van der Waals surface area contributed by atoms with Crippen molar-refractivity contribution in [3.8, 4) is 11.3 Å². The Labute approximate surface area is 155 Å². The first-order valence-electron chi connectivity index (χ1n) is 8.19. The van der Waals surface area contributed by atoms with E-state index in [4.69, 9.17) is 4.98 Å². The van der Waals surface area contributed by atoms with Gasteiger partial charge in [-0.2, -0.15) is 0 Å². The highest BCUT2D eigenvalue weighted by molar-refractivity contribution is 9.10. The molecule has 0 aliphatic rings. The minimum absolute atomic E-state index is 0.945. The molecule has 3 heteroatoms. The van der Waals surface area contributed by atoms with E-state index >= 15 is 0 Å². The third-order valence-corrected chi connectivity index (χ3v) is 4.89. The molecule has 0 aliphatic heterocycles. The van der Waals surface area contributed by atoms with E-state index in [1.807, 2.05) is 30.3 Å². The Balaban J connectivity index is 1.87. The Hall–Kier alpha value is -2.65. The van der Waals surface area contributed by atoms with Gasteiger partial charge in [-0.3, -0.25) is 0 Å². The summed E-state index contributed by atoms with van der Waals surface area (Å²) >= 11 is 3.64. The highest BCUT2D eigenvalue weighted by Crippen LogP contribution is 2.33. The molecule has 4 rings (SSSR count). The number of pyridine rings is 1. The summed E-state index contributed by atoms with van der Waals surface area (Å²) in [6.07, 6.45) is 0. The fourth-order valence-corrected chi connectivity index (χ4v) is 3.37. The number of anilines is 2. The molecule has 1 aromatic heterocycles. The summed E-state index contributed by atoms with van der Waals surface area (Å²) in [5, 5.41) is 4.66. The van der Waals surface area contributed by atoms with Gasteiger partial charge < -0.3 is 5.32 Å². The molecule has 0 amide bonds. The Morgan fingerprint density at radius 2 is 1.56 bits per heavy atom. The Kier molecular flexibility index (Phi) is 4.24. The molecular weight excluding hydrogens is 372 g/mol. The predicted molar refractivity (Wildman–Crippen MR) is 109 cm³/mol. The van der Waals surface area contributed by atoms with Crippen molar-refractivity contribution < 1.29 is 0 Å². The monoisotopic (exact) mass is 388 g/mol. The summed E-state index contributed by atoms with van der Waals surface area (Å²) in [7, 11) is 0. The summed E-state index contributed by atoms with van der Waals surface area (Å²) in [4.78, 5) is 4.85. The van der Waals surface area contributed by atoms with Gasteiger partial charge in [0.1, 0.15) is 0 Å². The molecular formula is C22H17BrN2. The second kappa shape index (κ2) is 6.69. The Morgan fingerprint density at radius 3 is 2.36 bits per heavy atom. The zero-order valence-electron chi connectivity index (χ0n) is 13.8. The lowest BCUT2D eigenvalue weighted by molar-refractivity contribution is 1.38. The summed E-state index contributed by atoms with van der Waals surface area (Å²) in [6.45, 7) is 2.09. The number of nitrogens with one attached hydrogen (secondary N) is 1. The van der Waals surface area contributed by atoms with Crippen molar-refractivity contribution in [3.63, 3.8) is 0 Å². The number of halogens is 1. The van der Waals surface area contributed by atoms with Gasteiger partial charge in [0.25, 0.3) is 0 Å². The van der Waals surface area contributed by atoms with E-state index in [-0.39, 0.29) is 0 Å². The summed E-state index contributed by atoms with van der Waals surface area (Å²) < 4.78 is 1.04. The Morgan fingerprint density at radius 1 is 0.840 bits per heavy atom. The van der Waals surface area contributed by atoms with Crippen LogP contribution in [0, 0.1) is 6.92 Å². The maximum Gasteiger partial charge on any atom is 0.0741 e. The molecule has 0 atom stereocenters. The number of fused-ring (bicyclic) bond motifs is 1. The highest BCUT2D eigenvalue weighted by Gasteiger charge is 2.10. The van der Waals surface area contributed by atoms with Crippen LogP contribution in [0.15, 0.2) is 83.3 Å². The van der Waals surface area contributed by atoms with Crippen molar-refractivity contribution in [2.45, 2.75) is 6.92 Å². The van der Waals surface area contributed by atoms with E-state index in [9.17, 15) is 0 Å². The number of benzene rings is 3. The zero-order valence-corrected chi connectivity index (χ0v) is 15.4. The quantitative estimate of drug-likeness (QED) is 0.421. The highest BCUT2D eigenvalue weighted by atomic mass is 79.9. The van der Waals surface area contributed by atoms with E-state index in [2.05, 4.69) is 76.7 Å². The number of para-hydroxylation sites is 1. The number of hydrogen-bond donors (Lipinski definition) is 1. The molecule has 0 fully saturated rings. The van der Waals surface area contributed by atoms with Crippen LogP contribution < -0.4 is 5.32 Å². The van der Waals surface area contributed by atoms with Crippen molar-refractivity contribution in [3.05, 3.63) is 88.9 Å². The number of nitrogens with zero attached hydrogens (tertiary/aromatic N) is 1. The van der Waals surface area contributed by atoms with Crippen LogP contribution in [0.25, 0.3) is 22.2 Å². The average molecular weight is 389 g/mol. The molecule has 0 aliphatic carbocycles. The second-order valence-corrected chi connectivity index (χ2v) is 6.90. The maximum absolute atomic E-state index is 4.85. The van der Waals surface area contributed by atoms with Gasteiger partial charge in [-0.1, -0.05) is 70.0 Å². The van der Waals surface area contributed by atoms with Gasteiger partial charge in [-0.15, -0.1) is 0 Å². The lowest BCUT2D eigenvalue weighted by atomic mass is 10.1. The first kappa shape index (κ1) is 15.9. The molecule has 0 radical (unpaired) electrons. The normalized spacial score (nSPS) is 10.8. The van der Waals surface area contributed by atoms with Crippen LogP contribution in [-0.4, -0.2) is 4.98 Å². The van der Waals surface area contributed by atoms with Crippen molar-refractivity contribution in [2.24, 2.45) is 0 Å². The standard InChI is InChI=1S/C22H17BrN2/c1-15-10-12-16(13-11-15)24-22-14-21(17-6-2-4-8-19(17)23)25-20-9-5-3-7-18(20)22/h2-14H,1H3,(H,24,25). The molecule has 122 valence electrons. The molecule has 0 bridgehead atoms. The fourth-order valence-electron chi connectivity index (χ4n) is 2.88. The summed E-state index contributed by atoms with van der Waals surface area (Å²) in [5.41, 5.74) is 6.38. The Bertz CT molecular complexity index is 1040. The minimum atomic E-state index is 0.945. The van der Waals surface area contributed by atoms with E-state index in [1.54, 1.807) is 0 Å². The van der Waals surface area contributed by atoms with Gasteiger partial charge in [0.05, 0.1) is 16.9 Å². The SMILES string of the molecule is Cc1ccc(Nc2cc(-c3ccccc3Br)nc3ccccc23)cc1. The van der Waals surface area contributed by atoms with Crippen LogP contribution >= 0.6 is 15.9 Å². The minimum Gasteiger partial charge on any atom is -0.355 e. The van der Waals surface area contributed by atoms with Gasteiger partial charge in [-0.25, -0.2) is 4.98 Å². The van der Waals surface area contributed by atoms with Gasteiger partial charge >= 0.3 is 0 Å².